The van der Waals surface area contributed by atoms with E-state index in [2.05, 4.69) is 18.8 Å². The summed E-state index contributed by atoms with van der Waals surface area (Å²) in [7, 11) is 0. The van der Waals surface area contributed by atoms with E-state index in [0.29, 0.717) is 34.9 Å². The molecule has 0 radical (unpaired) electrons. The van der Waals surface area contributed by atoms with Crippen molar-refractivity contribution in [2.45, 2.75) is 55.4 Å². The van der Waals surface area contributed by atoms with Gasteiger partial charge in [-0.3, -0.25) is 4.79 Å². The van der Waals surface area contributed by atoms with Crippen LogP contribution < -0.4 is 9.47 Å². The zero-order valence-electron chi connectivity index (χ0n) is 20.7. The number of carbonyl (C=O) groups excluding carboxylic acids is 2. The third-order valence-electron chi connectivity index (χ3n) is 3.90. The first-order chi connectivity index (χ1) is 15.6. The van der Waals surface area contributed by atoms with Crippen molar-refractivity contribution in [3.63, 3.8) is 0 Å². The van der Waals surface area contributed by atoms with E-state index in [4.69, 9.17) is 13.9 Å². The maximum absolute atomic E-state index is 14.5. The van der Waals surface area contributed by atoms with Crippen molar-refractivity contribution in [1.29, 1.82) is 0 Å². The predicted molar refractivity (Wildman–Crippen MR) is 129 cm³/mol. The third kappa shape index (κ3) is 8.33. The Hall–Kier alpha value is -3.22. The molecule has 2 aromatic carbocycles. The summed E-state index contributed by atoms with van der Waals surface area (Å²) in [6.07, 6.45) is 0. The molecule has 0 atom stereocenters. The molecular formula is C26H34FNO5. The summed E-state index contributed by atoms with van der Waals surface area (Å²) >= 11 is 0. The van der Waals surface area contributed by atoms with Gasteiger partial charge in [-0.2, -0.15) is 0 Å². The number of ether oxygens (including phenoxy) is 2. The van der Waals surface area contributed by atoms with E-state index >= 15 is 0 Å². The third-order valence-corrected chi connectivity index (χ3v) is 3.90. The summed E-state index contributed by atoms with van der Waals surface area (Å²) in [5.74, 6) is 0.524. The van der Waals surface area contributed by atoms with Crippen molar-refractivity contribution in [2.24, 2.45) is 5.92 Å². The minimum atomic E-state index is -0.622. The first-order valence-corrected chi connectivity index (χ1v) is 11.1. The van der Waals surface area contributed by atoms with Crippen LogP contribution in [0.3, 0.4) is 0 Å². The summed E-state index contributed by atoms with van der Waals surface area (Å²) in [6.45, 7) is 15.1. The molecule has 0 aliphatic carbocycles. The molecule has 6 nitrogen and oxygen atoms in total. The fraction of sp³-hybridized carbons (Fsp3) is 0.423. The molecule has 7 heteroatoms. The topological polar surface area (TPSA) is 78.6 Å². The Labute approximate surface area is 195 Å². The number of carbonyl (C=O) groups is 2. The summed E-state index contributed by atoms with van der Waals surface area (Å²) in [6, 6.07) is 8.16. The van der Waals surface area contributed by atoms with Crippen LogP contribution in [0, 0.1) is 11.7 Å². The molecule has 0 saturated heterocycles. The lowest BCUT2D eigenvalue weighted by molar-refractivity contribution is -0.115. The zero-order chi connectivity index (χ0) is 25.1. The molecule has 0 saturated carbocycles. The molecule has 3 rings (SSSR count). The molecule has 0 amide bonds. The number of ketones is 2. The van der Waals surface area contributed by atoms with E-state index in [1.807, 2.05) is 19.9 Å². The van der Waals surface area contributed by atoms with Crippen LogP contribution >= 0.6 is 0 Å². The van der Waals surface area contributed by atoms with E-state index in [1.165, 1.54) is 32.9 Å². The first-order valence-electron chi connectivity index (χ1n) is 11.1. The maximum atomic E-state index is 14.5. The van der Waals surface area contributed by atoms with Crippen LogP contribution in [0.5, 0.6) is 11.5 Å². The predicted octanol–water partition coefficient (Wildman–Crippen LogP) is 6.89. The number of fused-ring (bicyclic) bond motifs is 1. The fourth-order valence-electron chi connectivity index (χ4n) is 2.65. The van der Waals surface area contributed by atoms with Gasteiger partial charge >= 0.3 is 0 Å². The molecule has 0 spiro atoms. The zero-order valence-corrected chi connectivity index (χ0v) is 20.7. The number of Topliss-reactive ketones (excluding diaryl/α,β-unsaturated/α-hetero) is 2. The lowest BCUT2D eigenvalue weighted by atomic mass is 10.1. The summed E-state index contributed by atoms with van der Waals surface area (Å²) in [5.41, 5.74) is 1.70. The fourth-order valence-corrected chi connectivity index (χ4v) is 2.65. The van der Waals surface area contributed by atoms with Gasteiger partial charge < -0.3 is 18.7 Å². The van der Waals surface area contributed by atoms with Crippen molar-refractivity contribution >= 4 is 22.7 Å². The highest BCUT2D eigenvalue weighted by Crippen LogP contribution is 2.32. The number of benzene rings is 2. The molecule has 1 heterocycles. The van der Waals surface area contributed by atoms with E-state index in [1.54, 1.807) is 19.1 Å². The Balaban J connectivity index is 0.000000820. The van der Waals surface area contributed by atoms with Gasteiger partial charge in [0.15, 0.2) is 22.9 Å². The van der Waals surface area contributed by atoms with Gasteiger partial charge in [0.25, 0.3) is 0 Å². The monoisotopic (exact) mass is 459 g/mol. The molecule has 180 valence electrons. The van der Waals surface area contributed by atoms with Crippen LogP contribution in [0.1, 0.15) is 65.7 Å². The first kappa shape index (κ1) is 27.8. The molecule has 0 N–H and O–H groups in total. The minimum absolute atomic E-state index is 0.0470. The van der Waals surface area contributed by atoms with E-state index < -0.39 is 5.82 Å². The minimum Gasteiger partial charge on any atom is -0.493 e. The summed E-state index contributed by atoms with van der Waals surface area (Å²) in [4.78, 5) is 25.7. The molecule has 3 aromatic rings. The number of rotatable bonds is 7. The number of oxazole rings is 1. The smallest absolute Gasteiger partial charge is 0.227 e. The van der Waals surface area contributed by atoms with Gasteiger partial charge in [0.1, 0.15) is 17.0 Å². The van der Waals surface area contributed by atoms with E-state index in [-0.39, 0.29) is 35.4 Å². The van der Waals surface area contributed by atoms with Crippen LogP contribution in [0.2, 0.25) is 0 Å². The SMILES string of the molecule is CC.CC(C)=O.CCOc1c(F)cc(-c2nc3ccc(OCC(C)C)cc3o2)cc1C(C)=O. The summed E-state index contributed by atoms with van der Waals surface area (Å²) < 4.78 is 31.2. The highest BCUT2D eigenvalue weighted by Gasteiger charge is 2.19. The molecule has 0 unspecified atom stereocenters. The Bertz CT molecular complexity index is 1070. The standard InChI is InChI=1S/C21H22FNO4.C3H6O.C2H6/c1-5-25-20-16(13(4)24)8-14(9-17(20)22)21-23-18-7-6-15(10-19(18)27-21)26-11-12(2)3;1-3(2)4;1-2/h6-10,12H,5,11H2,1-4H3;1-2H3;1-2H3. The molecule has 33 heavy (non-hydrogen) atoms. The normalized spacial score (nSPS) is 10.1. The Morgan fingerprint density at radius 1 is 1.06 bits per heavy atom. The lowest BCUT2D eigenvalue weighted by Gasteiger charge is -2.10. The average molecular weight is 460 g/mol. The quantitative estimate of drug-likeness (QED) is 0.358. The van der Waals surface area contributed by atoms with Gasteiger partial charge in [-0.15, -0.1) is 0 Å². The van der Waals surface area contributed by atoms with Gasteiger partial charge in [-0.1, -0.05) is 27.7 Å². The molecular weight excluding hydrogens is 425 g/mol. The van der Waals surface area contributed by atoms with Gasteiger partial charge in [0, 0.05) is 11.6 Å². The highest BCUT2D eigenvalue weighted by atomic mass is 19.1. The van der Waals surface area contributed by atoms with Crippen LogP contribution in [0.4, 0.5) is 4.39 Å². The van der Waals surface area contributed by atoms with Crippen LogP contribution in [-0.2, 0) is 4.79 Å². The molecule has 0 aliphatic heterocycles. The number of halogens is 1. The number of aromatic nitrogens is 1. The largest absolute Gasteiger partial charge is 0.493 e. The Morgan fingerprint density at radius 3 is 2.24 bits per heavy atom. The second-order valence-corrected chi connectivity index (χ2v) is 7.59. The number of nitrogens with zero attached hydrogens (tertiary/aromatic N) is 1. The van der Waals surface area contributed by atoms with Crippen molar-refractivity contribution < 1.29 is 27.9 Å². The summed E-state index contributed by atoms with van der Waals surface area (Å²) in [5, 5.41) is 0. The molecule has 0 aliphatic rings. The van der Waals surface area contributed by atoms with Crippen LogP contribution in [0.25, 0.3) is 22.6 Å². The van der Waals surface area contributed by atoms with Gasteiger partial charge in [-0.05, 0) is 57.9 Å². The highest BCUT2D eigenvalue weighted by molar-refractivity contribution is 5.98. The average Bonchev–Trinajstić information content (AvgIpc) is 3.18. The molecule has 0 bridgehead atoms. The van der Waals surface area contributed by atoms with E-state index in [0.717, 1.165) is 0 Å². The van der Waals surface area contributed by atoms with E-state index in [9.17, 15) is 14.0 Å². The maximum Gasteiger partial charge on any atom is 0.227 e. The second kappa shape index (κ2) is 13.4. The van der Waals surface area contributed by atoms with Crippen molar-refractivity contribution in [2.75, 3.05) is 13.2 Å². The van der Waals surface area contributed by atoms with Crippen LogP contribution in [-0.4, -0.2) is 29.8 Å². The number of hydrogen-bond acceptors (Lipinski definition) is 6. The van der Waals surface area contributed by atoms with Gasteiger partial charge in [0.2, 0.25) is 5.89 Å². The second-order valence-electron chi connectivity index (χ2n) is 7.59. The molecule has 1 aromatic heterocycles. The Kier molecular flexibility index (Phi) is 11.3. The molecule has 0 fully saturated rings. The Morgan fingerprint density at radius 2 is 1.70 bits per heavy atom. The van der Waals surface area contributed by atoms with Gasteiger partial charge in [0.05, 0.1) is 18.8 Å². The lowest BCUT2D eigenvalue weighted by Crippen LogP contribution is -2.04. The number of hydrogen-bond donors (Lipinski definition) is 0. The van der Waals surface area contributed by atoms with Crippen molar-refractivity contribution in [3.05, 3.63) is 41.7 Å². The van der Waals surface area contributed by atoms with Crippen LogP contribution in [0.15, 0.2) is 34.7 Å². The van der Waals surface area contributed by atoms with Gasteiger partial charge in [-0.25, -0.2) is 9.37 Å². The van der Waals surface area contributed by atoms with Crippen molar-refractivity contribution in [3.8, 4) is 23.0 Å². The van der Waals surface area contributed by atoms with Crippen molar-refractivity contribution in [1.82, 2.24) is 4.98 Å².